The normalized spacial score (nSPS) is 27.3. The maximum Gasteiger partial charge on any atom is 0.216 e. The molecule has 0 amide bonds. The van der Waals surface area contributed by atoms with E-state index in [1.807, 2.05) is 0 Å². The first-order chi connectivity index (χ1) is 7.10. The lowest BCUT2D eigenvalue weighted by Crippen LogP contribution is -2.42. The van der Waals surface area contributed by atoms with Gasteiger partial charge in [-0.05, 0) is 25.7 Å². The lowest BCUT2D eigenvalue weighted by atomic mass is 10.2. The first-order valence-corrected chi connectivity index (χ1v) is 8.15. The van der Waals surface area contributed by atoms with Crippen molar-refractivity contribution in [2.24, 2.45) is 0 Å². The van der Waals surface area contributed by atoms with Crippen LogP contribution >= 0.6 is 15.9 Å². The quantitative estimate of drug-likeness (QED) is 0.732. The molecule has 1 saturated carbocycles. The van der Waals surface area contributed by atoms with E-state index in [-0.39, 0.29) is 5.25 Å². The van der Waals surface area contributed by atoms with Gasteiger partial charge in [0.25, 0.3) is 0 Å². The van der Waals surface area contributed by atoms with Crippen LogP contribution in [0, 0.1) is 0 Å². The second-order valence-electron chi connectivity index (χ2n) is 4.53. The second-order valence-corrected chi connectivity index (χ2v) is 8.03. The molecule has 1 heterocycles. The number of alkyl halides is 1. The molecule has 0 aromatic heterocycles. The lowest BCUT2D eigenvalue weighted by molar-refractivity contribution is 0.349. The number of hydrogen-bond donors (Lipinski definition) is 0. The molecule has 0 N–H and O–H groups in total. The zero-order valence-electron chi connectivity index (χ0n) is 8.86. The summed E-state index contributed by atoms with van der Waals surface area (Å²) in [5, 5.41) is -0.0793. The molecule has 0 spiro atoms. The molecule has 15 heavy (non-hydrogen) atoms. The van der Waals surface area contributed by atoms with Gasteiger partial charge >= 0.3 is 0 Å². The monoisotopic (exact) mass is 295 g/mol. The van der Waals surface area contributed by atoms with E-state index in [2.05, 4.69) is 15.9 Å². The zero-order valence-corrected chi connectivity index (χ0v) is 11.3. The van der Waals surface area contributed by atoms with Gasteiger partial charge < -0.3 is 0 Å². The van der Waals surface area contributed by atoms with Crippen LogP contribution in [0.15, 0.2) is 0 Å². The molecule has 3 nitrogen and oxygen atoms in total. The van der Waals surface area contributed by atoms with Gasteiger partial charge in [-0.2, -0.15) is 0 Å². The highest BCUT2D eigenvalue weighted by Gasteiger charge is 2.35. The predicted molar refractivity (Wildman–Crippen MR) is 64.7 cm³/mol. The van der Waals surface area contributed by atoms with E-state index in [0.717, 1.165) is 38.5 Å². The number of halogens is 1. The number of rotatable bonds is 2. The average molecular weight is 296 g/mol. The van der Waals surface area contributed by atoms with E-state index in [0.29, 0.717) is 17.9 Å². The van der Waals surface area contributed by atoms with E-state index in [4.69, 9.17) is 0 Å². The van der Waals surface area contributed by atoms with Crippen molar-refractivity contribution >= 4 is 26.0 Å². The minimum atomic E-state index is -2.97. The average Bonchev–Trinajstić information content (AvgIpc) is 2.71. The van der Waals surface area contributed by atoms with Crippen LogP contribution in [0.3, 0.4) is 0 Å². The van der Waals surface area contributed by atoms with Crippen molar-refractivity contribution in [2.45, 2.75) is 48.6 Å². The number of sulfonamides is 1. The van der Waals surface area contributed by atoms with Gasteiger partial charge in [0.05, 0.1) is 5.25 Å². The Morgan fingerprint density at radius 2 is 1.53 bits per heavy atom. The van der Waals surface area contributed by atoms with Crippen molar-refractivity contribution in [3.63, 3.8) is 0 Å². The van der Waals surface area contributed by atoms with Gasteiger partial charge in [0, 0.05) is 17.9 Å². The fourth-order valence-corrected chi connectivity index (χ4v) is 4.96. The Kier molecular flexibility index (Phi) is 3.73. The molecule has 0 atom stereocenters. The molecule has 0 unspecified atom stereocenters. The van der Waals surface area contributed by atoms with Crippen LogP contribution in [0.1, 0.15) is 38.5 Å². The summed E-state index contributed by atoms with van der Waals surface area (Å²) in [6, 6.07) is 0. The van der Waals surface area contributed by atoms with E-state index < -0.39 is 10.0 Å². The van der Waals surface area contributed by atoms with E-state index in [1.165, 1.54) is 0 Å². The van der Waals surface area contributed by atoms with Gasteiger partial charge in [0.15, 0.2) is 0 Å². The van der Waals surface area contributed by atoms with Crippen molar-refractivity contribution in [1.82, 2.24) is 4.31 Å². The number of hydrogen-bond acceptors (Lipinski definition) is 2. The van der Waals surface area contributed by atoms with E-state index in [1.54, 1.807) is 4.31 Å². The van der Waals surface area contributed by atoms with Crippen molar-refractivity contribution in [1.29, 1.82) is 0 Å². The lowest BCUT2D eigenvalue weighted by Gasteiger charge is -2.30. The van der Waals surface area contributed by atoms with Gasteiger partial charge in [-0.3, -0.25) is 0 Å². The summed E-state index contributed by atoms with van der Waals surface area (Å²) in [4.78, 5) is 0.507. The predicted octanol–water partition coefficient (Wildman–Crippen LogP) is 2.12. The summed E-state index contributed by atoms with van der Waals surface area (Å²) in [5.41, 5.74) is 0. The molecular weight excluding hydrogens is 278 g/mol. The minimum absolute atomic E-state index is 0.0793. The summed E-state index contributed by atoms with van der Waals surface area (Å²) >= 11 is 3.54. The highest BCUT2D eigenvalue weighted by molar-refractivity contribution is 9.09. The largest absolute Gasteiger partial charge is 0.216 e. The van der Waals surface area contributed by atoms with Gasteiger partial charge in [-0.1, -0.05) is 28.8 Å². The van der Waals surface area contributed by atoms with E-state index >= 15 is 0 Å². The smallest absolute Gasteiger partial charge is 0.212 e. The maximum absolute atomic E-state index is 12.2. The Morgan fingerprint density at radius 3 is 2.07 bits per heavy atom. The second kappa shape index (κ2) is 4.72. The van der Waals surface area contributed by atoms with Gasteiger partial charge in [-0.25, -0.2) is 12.7 Å². The van der Waals surface area contributed by atoms with Crippen molar-refractivity contribution in [3.05, 3.63) is 0 Å². The summed E-state index contributed by atoms with van der Waals surface area (Å²) in [6.07, 6.45) is 5.81. The Morgan fingerprint density at radius 1 is 1.00 bits per heavy atom. The van der Waals surface area contributed by atoms with Crippen LogP contribution in [0.25, 0.3) is 0 Å². The Balaban J connectivity index is 2.02. The highest BCUT2D eigenvalue weighted by atomic mass is 79.9. The molecule has 5 heteroatoms. The highest BCUT2D eigenvalue weighted by Crippen LogP contribution is 2.29. The first kappa shape index (κ1) is 11.9. The Bertz CT molecular complexity index is 303. The zero-order chi connectivity index (χ0) is 10.9. The standard InChI is InChI=1S/C10H18BrNO2S/c11-9-5-7-12(8-6-9)15(13,14)10-3-1-2-4-10/h9-10H,1-8H2. The molecule has 0 aromatic rings. The summed E-state index contributed by atoms with van der Waals surface area (Å²) in [6.45, 7) is 1.41. The summed E-state index contributed by atoms with van der Waals surface area (Å²) < 4.78 is 26.1. The molecule has 1 saturated heterocycles. The van der Waals surface area contributed by atoms with Crippen molar-refractivity contribution in [3.8, 4) is 0 Å². The van der Waals surface area contributed by atoms with Crippen LogP contribution < -0.4 is 0 Å². The van der Waals surface area contributed by atoms with Gasteiger partial charge in [0.2, 0.25) is 10.0 Å². The SMILES string of the molecule is O=S(=O)(C1CCCC1)N1CCC(Br)CC1. The van der Waals surface area contributed by atoms with Crippen molar-refractivity contribution in [2.75, 3.05) is 13.1 Å². The number of nitrogens with zero attached hydrogens (tertiary/aromatic N) is 1. The van der Waals surface area contributed by atoms with Gasteiger partial charge in [-0.15, -0.1) is 0 Å². The molecule has 2 fully saturated rings. The number of piperidine rings is 1. The summed E-state index contributed by atoms with van der Waals surface area (Å²) in [7, 11) is -2.97. The molecule has 2 rings (SSSR count). The fraction of sp³-hybridized carbons (Fsp3) is 1.00. The van der Waals surface area contributed by atoms with Gasteiger partial charge in [0.1, 0.15) is 0 Å². The molecule has 2 aliphatic rings. The molecule has 0 radical (unpaired) electrons. The van der Waals surface area contributed by atoms with E-state index in [9.17, 15) is 8.42 Å². The van der Waals surface area contributed by atoms with Crippen LogP contribution in [-0.2, 0) is 10.0 Å². The molecular formula is C10H18BrNO2S. The topological polar surface area (TPSA) is 37.4 Å². The van der Waals surface area contributed by atoms with Crippen LogP contribution in [-0.4, -0.2) is 35.9 Å². The third-order valence-corrected chi connectivity index (χ3v) is 6.78. The maximum atomic E-state index is 12.2. The molecule has 0 bridgehead atoms. The third-order valence-electron chi connectivity index (χ3n) is 3.47. The van der Waals surface area contributed by atoms with Crippen LogP contribution in [0.5, 0.6) is 0 Å². The Labute approximate surface area is 100 Å². The molecule has 0 aromatic carbocycles. The Hall–Kier alpha value is 0.390. The van der Waals surface area contributed by atoms with Crippen LogP contribution in [0.2, 0.25) is 0 Å². The third kappa shape index (κ3) is 2.56. The molecule has 1 aliphatic carbocycles. The minimum Gasteiger partial charge on any atom is -0.212 e. The fourth-order valence-electron chi connectivity index (χ4n) is 2.48. The summed E-state index contributed by atoms with van der Waals surface area (Å²) in [5.74, 6) is 0. The van der Waals surface area contributed by atoms with Crippen molar-refractivity contribution < 1.29 is 8.42 Å². The molecule has 88 valence electrons. The first-order valence-electron chi connectivity index (χ1n) is 5.74. The van der Waals surface area contributed by atoms with Crippen LogP contribution in [0.4, 0.5) is 0 Å². The molecule has 1 aliphatic heterocycles.